The summed E-state index contributed by atoms with van der Waals surface area (Å²) in [6.07, 6.45) is 2.72. The van der Waals surface area contributed by atoms with E-state index in [4.69, 9.17) is 0 Å². The van der Waals surface area contributed by atoms with Gasteiger partial charge in [-0.2, -0.15) is 0 Å². The smallest absolute Gasteiger partial charge is 0.0464 e. The van der Waals surface area contributed by atoms with E-state index in [1.54, 1.807) is 0 Å². The lowest BCUT2D eigenvalue weighted by Gasteiger charge is -2.62. The first-order valence-corrected chi connectivity index (χ1v) is 5.18. The van der Waals surface area contributed by atoms with Gasteiger partial charge in [0.2, 0.25) is 0 Å². The Morgan fingerprint density at radius 1 is 1.33 bits per heavy atom. The van der Waals surface area contributed by atoms with Crippen molar-refractivity contribution < 1.29 is 5.11 Å². The molecule has 1 heteroatoms. The molecule has 3 aliphatic carbocycles. The van der Waals surface area contributed by atoms with Crippen molar-refractivity contribution in [3.8, 4) is 0 Å². The molecule has 3 rings (SSSR count). The molecule has 0 aromatic rings. The van der Waals surface area contributed by atoms with Crippen LogP contribution in [0.2, 0.25) is 0 Å². The molecule has 0 aromatic heterocycles. The van der Waals surface area contributed by atoms with Crippen LogP contribution in [0.15, 0.2) is 0 Å². The van der Waals surface area contributed by atoms with Crippen molar-refractivity contribution in [2.45, 2.75) is 33.6 Å². The third-order valence-electron chi connectivity index (χ3n) is 4.66. The number of rotatable bonds is 1. The normalized spacial score (nSPS) is 50.0. The Kier molecular flexibility index (Phi) is 1.76. The minimum atomic E-state index is 0.405. The minimum absolute atomic E-state index is 0.405. The van der Waals surface area contributed by atoms with E-state index in [0.717, 1.165) is 17.8 Å². The number of aliphatic hydroxyl groups excluding tert-OH is 1. The molecule has 4 atom stereocenters. The molecule has 1 nitrogen and oxygen atoms in total. The van der Waals surface area contributed by atoms with Crippen LogP contribution in [0.5, 0.6) is 0 Å². The van der Waals surface area contributed by atoms with Gasteiger partial charge in [0.1, 0.15) is 0 Å². The van der Waals surface area contributed by atoms with Gasteiger partial charge in [0.25, 0.3) is 0 Å². The fourth-order valence-electron chi connectivity index (χ4n) is 3.51. The summed E-state index contributed by atoms with van der Waals surface area (Å²) in [7, 11) is 0. The Bertz CT molecular complexity index is 185. The summed E-state index contributed by atoms with van der Waals surface area (Å²) >= 11 is 0. The van der Waals surface area contributed by atoms with Crippen LogP contribution in [0.3, 0.4) is 0 Å². The van der Waals surface area contributed by atoms with Gasteiger partial charge in [-0.15, -0.1) is 0 Å². The molecule has 3 saturated carbocycles. The lowest BCUT2D eigenvalue weighted by molar-refractivity contribution is -0.142. The second kappa shape index (κ2) is 2.47. The SMILES string of the molecule is C[C@H]1C[C@H]2C[C@@H]([C@H]1CO)C2(C)C. The van der Waals surface area contributed by atoms with E-state index >= 15 is 0 Å². The first kappa shape index (κ1) is 8.55. The summed E-state index contributed by atoms with van der Waals surface area (Å²) in [5.41, 5.74) is 0.528. The van der Waals surface area contributed by atoms with Gasteiger partial charge < -0.3 is 5.11 Å². The second-order valence-corrected chi connectivity index (χ2v) is 5.42. The molecular formula is C11H20O. The second-order valence-electron chi connectivity index (χ2n) is 5.42. The third-order valence-corrected chi connectivity index (χ3v) is 4.66. The molecule has 3 fully saturated rings. The zero-order valence-electron chi connectivity index (χ0n) is 8.38. The predicted octanol–water partition coefficient (Wildman–Crippen LogP) is 2.30. The molecular weight excluding hydrogens is 148 g/mol. The van der Waals surface area contributed by atoms with Crippen molar-refractivity contribution >= 4 is 0 Å². The van der Waals surface area contributed by atoms with Crippen LogP contribution in [-0.2, 0) is 0 Å². The molecule has 0 heterocycles. The molecule has 0 amide bonds. The van der Waals surface area contributed by atoms with E-state index in [2.05, 4.69) is 20.8 Å². The van der Waals surface area contributed by atoms with E-state index in [-0.39, 0.29) is 0 Å². The van der Waals surface area contributed by atoms with Crippen molar-refractivity contribution in [1.29, 1.82) is 0 Å². The van der Waals surface area contributed by atoms with Crippen LogP contribution in [0.25, 0.3) is 0 Å². The quantitative estimate of drug-likeness (QED) is 0.637. The zero-order valence-corrected chi connectivity index (χ0v) is 8.38. The number of aliphatic hydroxyl groups is 1. The number of hydrogen-bond acceptors (Lipinski definition) is 1. The van der Waals surface area contributed by atoms with Crippen LogP contribution in [-0.4, -0.2) is 11.7 Å². The maximum Gasteiger partial charge on any atom is 0.0464 e. The Hall–Kier alpha value is -0.0400. The van der Waals surface area contributed by atoms with Crippen LogP contribution < -0.4 is 0 Å². The fourth-order valence-corrected chi connectivity index (χ4v) is 3.51. The first-order chi connectivity index (χ1) is 5.57. The van der Waals surface area contributed by atoms with Crippen molar-refractivity contribution in [1.82, 2.24) is 0 Å². The van der Waals surface area contributed by atoms with Crippen molar-refractivity contribution in [3.05, 3.63) is 0 Å². The predicted molar refractivity (Wildman–Crippen MR) is 49.7 cm³/mol. The Morgan fingerprint density at radius 3 is 2.42 bits per heavy atom. The van der Waals surface area contributed by atoms with Gasteiger partial charge in [0.05, 0.1) is 0 Å². The van der Waals surface area contributed by atoms with Gasteiger partial charge in [-0.05, 0) is 41.9 Å². The Morgan fingerprint density at radius 2 is 2.00 bits per heavy atom. The first-order valence-electron chi connectivity index (χ1n) is 5.18. The molecule has 0 saturated heterocycles. The van der Waals surface area contributed by atoms with Gasteiger partial charge in [-0.25, -0.2) is 0 Å². The molecule has 0 radical (unpaired) electrons. The fraction of sp³-hybridized carbons (Fsp3) is 1.00. The summed E-state index contributed by atoms with van der Waals surface area (Å²) in [5.74, 6) is 3.09. The van der Waals surface area contributed by atoms with E-state index in [1.807, 2.05) is 0 Å². The van der Waals surface area contributed by atoms with E-state index in [1.165, 1.54) is 12.8 Å². The zero-order chi connectivity index (χ0) is 8.93. The molecule has 0 unspecified atom stereocenters. The van der Waals surface area contributed by atoms with Crippen LogP contribution in [0.1, 0.15) is 33.6 Å². The summed E-state index contributed by atoms with van der Waals surface area (Å²) in [4.78, 5) is 0. The molecule has 12 heavy (non-hydrogen) atoms. The van der Waals surface area contributed by atoms with Gasteiger partial charge in [-0.3, -0.25) is 0 Å². The topological polar surface area (TPSA) is 20.2 Å². The lowest BCUT2D eigenvalue weighted by atomic mass is 9.43. The maximum absolute atomic E-state index is 9.29. The van der Waals surface area contributed by atoms with E-state index < -0.39 is 0 Å². The van der Waals surface area contributed by atoms with Crippen molar-refractivity contribution in [2.24, 2.45) is 29.1 Å². The van der Waals surface area contributed by atoms with Gasteiger partial charge in [-0.1, -0.05) is 20.8 Å². The molecule has 0 aromatic carbocycles. The van der Waals surface area contributed by atoms with Crippen molar-refractivity contribution in [2.75, 3.05) is 6.61 Å². The number of fused-ring (bicyclic) bond motifs is 2. The minimum Gasteiger partial charge on any atom is -0.396 e. The molecule has 3 aliphatic rings. The van der Waals surface area contributed by atoms with Crippen molar-refractivity contribution in [3.63, 3.8) is 0 Å². The standard InChI is InChI=1S/C11H20O/c1-7-4-8-5-10(9(7)6-12)11(8,2)3/h7-10,12H,4-6H2,1-3H3/t7-,8-,9-,10-/m0/s1. The summed E-state index contributed by atoms with van der Waals surface area (Å²) in [6.45, 7) is 7.46. The molecule has 0 aliphatic heterocycles. The molecule has 70 valence electrons. The Balaban J connectivity index is 2.15. The largest absolute Gasteiger partial charge is 0.396 e. The highest BCUT2D eigenvalue weighted by Crippen LogP contribution is 2.62. The lowest BCUT2D eigenvalue weighted by Crippen LogP contribution is -2.56. The summed E-state index contributed by atoms with van der Waals surface area (Å²) < 4.78 is 0. The van der Waals surface area contributed by atoms with Gasteiger partial charge >= 0.3 is 0 Å². The Labute approximate surface area is 75.2 Å². The third kappa shape index (κ3) is 0.891. The number of hydrogen-bond donors (Lipinski definition) is 1. The van der Waals surface area contributed by atoms with E-state index in [0.29, 0.717) is 17.9 Å². The highest BCUT2D eigenvalue weighted by atomic mass is 16.3. The monoisotopic (exact) mass is 168 g/mol. The average molecular weight is 168 g/mol. The average Bonchev–Trinajstić information content (AvgIpc) is 2.03. The van der Waals surface area contributed by atoms with Crippen LogP contribution >= 0.6 is 0 Å². The molecule has 0 spiro atoms. The highest BCUT2D eigenvalue weighted by molar-refractivity contribution is 5.04. The van der Waals surface area contributed by atoms with Crippen LogP contribution in [0, 0.1) is 29.1 Å². The molecule has 1 N–H and O–H groups in total. The van der Waals surface area contributed by atoms with Gasteiger partial charge in [0.15, 0.2) is 0 Å². The van der Waals surface area contributed by atoms with Gasteiger partial charge in [0, 0.05) is 6.61 Å². The summed E-state index contributed by atoms with van der Waals surface area (Å²) in [6, 6.07) is 0. The maximum atomic E-state index is 9.29. The highest BCUT2D eigenvalue weighted by Gasteiger charge is 2.56. The van der Waals surface area contributed by atoms with Crippen LogP contribution in [0.4, 0.5) is 0 Å². The molecule has 2 bridgehead atoms. The van der Waals surface area contributed by atoms with E-state index in [9.17, 15) is 5.11 Å². The summed E-state index contributed by atoms with van der Waals surface area (Å²) in [5, 5.41) is 9.29.